The summed E-state index contributed by atoms with van der Waals surface area (Å²) in [7, 11) is 0. The number of anilines is 2. The SMILES string of the molecule is Nc1nc2c(c(N3CCN(CCOCC4CCC(C(O)O)N4)CC3)n1)CCc1cc(OCc3ccc(Cl)cc3)ccc1-2. The molecule has 2 fully saturated rings. The molecule has 5 N–H and O–H groups in total. The van der Waals surface area contributed by atoms with Crippen molar-refractivity contribution in [2.45, 2.75) is 50.7 Å². The Morgan fingerprint density at radius 2 is 1.83 bits per heavy atom. The van der Waals surface area contributed by atoms with E-state index in [0.29, 0.717) is 30.8 Å². The number of nitrogens with one attached hydrogen (secondary N) is 1. The van der Waals surface area contributed by atoms with E-state index in [9.17, 15) is 10.2 Å². The van der Waals surface area contributed by atoms with Crippen molar-refractivity contribution in [3.05, 3.63) is 64.2 Å². The topological polar surface area (TPSA) is 129 Å². The van der Waals surface area contributed by atoms with Crippen LogP contribution in [0.15, 0.2) is 42.5 Å². The van der Waals surface area contributed by atoms with Crippen molar-refractivity contribution in [1.82, 2.24) is 20.2 Å². The maximum atomic E-state index is 9.33. The van der Waals surface area contributed by atoms with E-state index in [1.807, 2.05) is 30.3 Å². The van der Waals surface area contributed by atoms with Crippen molar-refractivity contribution in [3.8, 4) is 17.0 Å². The molecule has 0 radical (unpaired) electrons. The van der Waals surface area contributed by atoms with Gasteiger partial charge in [-0.2, -0.15) is 4.98 Å². The largest absolute Gasteiger partial charge is 0.489 e. The van der Waals surface area contributed by atoms with Gasteiger partial charge in [-0.25, -0.2) is 4.98 Å². The number of nitrogens with two attached hydrogens (primary N) is 1. The van der Waals surface area contributed by atoms with E-state index in [1.165, 1.54) is 11.1 Å². The third kappa shape index (κ3) is 6.80. The number of nitrogens with zero attached hydrogens (tertiary/aromatic N) is 4. The zero-order chi connectivity index (χ0) is 29.1. The average Bonchev–Trinajstić information content (AvgIpc) is 3.48. The fourth-order valence-electron chi connectivity index (χ4n) is 6.13. The molecule has 2 saturated heterocycles. The summed E-state index contributed by atoms with van der Waals surface area (Å²) in [6.45, 7) is 6.18. The first-order chi connectivity index (χ1) is 20.4. The van der Waals surface area contributed by atoms with E-state index in [1.54, 1.807) is 0 Å². The molecule has 1 aliphatic carbocycles. The molecule has 2 atom stereocenters. The molecule has 1 aromatic heterocycles. The second-order valence-corrected chi connectivity index (χ2v) is 11.8. The van der Waals surface area contributed by atoms with Gasteiger partial charge >= 0.3 is 0 Å². The fourth-order valence-corrected chi connectivity index (χ4v) is 6.25. The Labute approximate surface area is 251 Å². The molecule has 2 aromatic carbocycles. The summed E-state index contributed by atoms with van der Waals surface area (Å²) in [5.74, 6) is 2.09. The lowest BCUT2D eigenvalue weighted by molar-refractivity contribution is -0.0641. The van der Waals surface area contributed by atoms with Gasteiger partial charge in [0.1, 0.15) is 18.2 Å². The van der Waals surface area contributed by atoms with Crippen LogP contribution in [0.25, 0.3) is 11.3 Å². The monoisotopic (exact) mass is 594 g/mol. The summed E-state index contributed by atoms with van der Waals surface area (Å²) >= 11 is 6.00. The number of aliphatic hydroxyl groups is 2. The van der Waals surface area contributed by atoms with Gasteiger partial charge in [-0.1, -0.05) is 23.7 Å². The maximum absolute atomic E-state index is 9.33. The van der Waals surface area contributed by atoms with Crippen LogP contribution in [0.4, 0.5) is 11.8 Å². The van der Waals surface area contributed by atoms with Crippen LogP contribution in [0.2, 0.25) is 5.02 Å². The van der Waals surface area contributed by atoms with Crippen LogP contribution >= 0.6 is 11.6 Å². The zero-order valence-electron chi connectivity index (χ0n) is 23.7. The first kappa shape index (κ1) is 29.1. The first-order valence-electron chi connectivity index (χ1n) is 14.8. The van der Waals surface area contributed by atoms with Crippen LogP contribution in [-0.4, -0.2) is 89.4 Å². The molecule has 2 aliphatic heterocycles. The summed E-state index contributed by atoms with van der Waals surface area (Å²) in [4.78, 5) is 14.1. The number of aromatic nitrogens is 2. The van der Waals surface area contributed by atoms with E-state index in [2.05, 4.69) is 32.2 Å². The quantitative estimate of drug-likeness (QED) is 0.205. The normalized spacial score (nSPS) is 20.5. The highest BCUT2D eigenvalue weighted by Crippen LogP contribution is 2.38. The number of rotatable bonds is 10. The first-order valence-corrected chi connectivity index (χ1v) is 15.1. The number of hydrogen-bond acceptors (Lipinski definition) is 10. The molecule has 0 saturated carbocycles. The lowest BCUT2D eigenvalue weighted by Gasteiger charge is -2.37. The average molecular weight is 595 g/mol. The second-order valence-electron chi connectivity index (χ2n) is 11.3. The lowest BCUT2D eigenvalue weighted by Crippen LogP contribution is -2.48. The Morgan fingerprint density at radius 3 is 2.60 bits per heavy atom. The summed E-state index contributed by atoms with van der Waals surface area (Å²) in [6, 6.07) is 13.8. The molecule has 0 spiro atoms. The van der Waals surface area contributed by atoms with Gasteiger partial charge < -0.3 is 35.6 Å². The maximum Gasteiger partial charge on any atom is 0.222 e. The highest BCUT2D eigenvalue weighted by atomic mass is 35.5. The Hall–Kier alpha value is -2.99. The molecule has 10 nitrogen and oxygen atoms in total. The molecule has 3 heterocycles. The number of nitrogen functional groups attached to an aromatic ring is 1. The molecule has 11 heteroatoms. The number of ether oxygens (including phenoxy) is 2. The number of hydrogen-bond donors (Lipinski definition) is 4. The van der Waals surface area contributed by atoms with Crippen molar-refractivity contribution >= 4 is 23.4 Å². The van der Waals surface area contributed by atoms with E-state index in [-0.39, 0.29) is 12.1 Å². The Balaban J connectivity index is 1.03. The molecule has 3 aromatic rings. The molecule has 3 aliphatic rings. The van der Waals surface area contributed by atoms with Crippen LogP contribution < -0.4 is 20.7 Å². The molecule has 0 bridgehead atoms. The van der Waals surface area contributed by atoms with Gasteiger partial charge in [0.05, 0.1) is 24.9 Å². The predicted octanol–water partition coefficient (Wildman–Crippen LogP) is 2.63. The van der Waals surface area contributed by atoms with Crippen LogP contribution in [0, 0.1) is 0 Å². The third-order valence-electron chi connectivity index (χ3n) is 8.48. The molecular weight excluding hydrogens is 556 g/mol. The van der Waals surface area contributed by atoms with Crippen molar-refractivity contribution < 1.29 is 19.7 Å². The highest BCUT2D eigenvalue weighted by molar-refractivity contribution is 6.30. The third-order valence-corrected chi connectivity index (χ3v) is 8.73. The predicted molar refractivity (Wildman–Crippen MR) is 163 cm³/mol. The summed E-state index contributed by atoms with van der Waals surface area (Å²) < 4.78 is 12.0. The van der Waals surface area contributed by atoms with Gasteiger partial charge in [0.25, 0.3) is 0 Å². The van der Waals surface area contributed by atoms with E-state index >= 15 is 0 Å². The second kappa shape index (κ2) is 13.1. The molecule has 6 rings (SSSR count). The number of fused-ring (bicyclic) bond motifs is 3. The van der Waals surface area contributed by atoms with Gasteiger partial charge in [0.15, 0.2) is 6.29 Å². The fraction of sp³-hybridized carbons (Fsp3) is 0.484. The number of piperazine rings is 1. The smallest absolute Gasteiger partial charge is 0.222 e. The van der Waals surface area contributed by atoms with E-state index in [0.717, 1.165) is 86.8 Å². The minimum Gasteiger partial charge on any atom is -0.489 e. The van der Waals surface area contributed by atoms with Gasteiger partial charge in [0, 0.05) is 54.9 Å². The Bertz CT molecular complexity index is 1370. The number of benzene rings is 2. The Morgan fingerprint density at radius 1 is 1.02 bits per heavy atom. The summed E-state index contributed by atoms with van der Waals surface area (Å²) in [5.41, 5.74) is 11.7. The van der Waals surface area contributed by atoms with Gasteiger partial charge in [0.2, 0.25) is 5.95 Å². The molecule has 224 valence electrons. The minimum absolute atomic E-state index is 0.182. The zero-order valence-corrected chi connectivity index (χ0v) is 24.5. The van der Waals surface area contributed by atoms with Crippen LogP contribution in [0.3, 0.4) is 0 Å². The van der Waals surface area contributed by atoms with Gasteiger partial charge in [-0.15, -0.1) is 0 Å². The summed E-state index contributed by atoms with van der Waals surface area (Å²) in [5, 5.41) is 22.6. The van der Waals surface area contributed by atoms with Crippen molar-refractivity contribution in [2.75, 3.05) is 56.6 Å². The van der Waals surface area contributed by atoms with Crippen LogP contribution in [-0.2, 0) is 24.2 Å². The number of aryl methyl sites for hydroxylation is 1. The molecular formula is C31H39ClN6O4. The van der Waals surface area contributed by atoms with Crippen LogP contribution in [0.1, 0.15) is 29.5 Å². The molecule has 0 amide bonds. The molecule has 2 unspecified atom stereocenters. The van der Waals surface area contributed by atoms with Gasteiger partial charge in [-0.05, 0) is 67.1 Å². The summed E-state index contributed by atoms with van der Waals surface area (Å²) in [6.07, 6.45) is 2.10. The van der Waals surface area contributed by atoms with E-state index in [4.69, 9.17) is 31.8 Å². The lowest BCUT2D eigenvalue weighted by atomic mass is 9.88. The van der Waals surface area contributed by atoms with E-state index < -0.39 is 6.29 Å². The molecule has 42 heavy (non-hydrogen) atoms. The standard InChI is InChI=1S/C31H39ClN6O4/c32-22-4-1-20(2-5-22)18-42-24-7-9-25-21(17-24)3-8-26-28(25)35-31(33)36-29(26)38-13-11-37(12-14-38)15-16-41-19-23-6-10-27(34-23)30(39)40/h1-2,4-5,7,9,17,23,27,30,34,39-40H,3,6,8,10-16,18-19H2,(H2,33,35,36). The van der Waals surface area contributed by atoms with Gasteiger partial charge in [-0.3, -0.25) is 4.90 Å². The van der Waals surface area contributed by atoms with Crippen LogP contribution in [0.5, 0.6) is 5.75 Å². The number of halogens is 1. The van der Waals surface area contributed by atoms with Crippen molar-refractivity contribution in [1.29, 1.82) is 0 Å². The minimum atomic E-state index is -1.31. The van der Waals surface area contributed by atoms with Crippen molar-refractivity contribution in [2.24, 2.45) is 0 Å². The number of aliphatic hydroxyl groups excluding tert-OH is 1. The Kier molecular flexibility index (Phi) is 9.09. The highest BCUT2D eigenvalue weighted by Gasteiger charge is 2.29. The van der Waals surface area contributed by atoms with Crippen molar-refractivity contribution in [3.63, 3.8) is 0 Å².